The number of rotatable bonds is 4. The van der Waals surface area contributed by atoms with Crippen LogP contribution in [0, 0.1) is 6.92 Å². The van der Waals surface area contributed by atoms with E-state index < -0.39 is 5.97 Å². The van der Waals surface area contributed by atoms with Crippen LogP contribution in [0.1, 0.15) is 15.4 Å². The fourth-order valence-electron chi connectivity index (χ4n) is 1.65. The standard InChI is InChI=1S/C13H12N2O3S/c1-9-12(19-8-14-9)13(18)15(7-11(16)17)10-5-3-2-4-6-10/h2-6,8H,7H2,1H3,(H,16,17). The van der Waals surface area contributed by atoms with Crippen molar-refractivity contribution in [3.8, 4) is 0 Å². The zero-order valence-corrected chi connectivity index (χ0v) is 11.1. The Hall–Kier alpha value is -2.21. The maximum absolute atomic E-state index is 12.4. The van der Waals surface area contributed by atoms with Crippen molar-refractivity contribution in [2.24, 2.45) is 0 Å². The van der Waals surface area contributed by atoms with Gasteiger partial charge in [-0.05, 0) is 19.1 Å². The first-order valence-electron chi connectivity index (χ1n) is 5.58. The van der Waals surface area contributed by atoms with Gasteiger partial charge in [0.25, 0.3) is 5.91 Å². The molecule has 0 spiro atoms. The van der Waals surface area contributed by atoms with E-state index in [1.54, 1.807) is 36.7 Å². The van der Waals surface area contributed by atoms with Crippen LogP contribution in [0.15, 0.2) is 35.8 Å². The van der Waals surface area contributed by atoms with Crippen molar-refractivity contribution in [2.75, 3.05) is 11.4 Å². The van der Waals surface area contributed by atoms with Gasteiger partial charge in [-0.3, -0.25) is 14.5 Å². The molecule has 5 nitrogen and oxygen atoms in total. The molecule has 0 fully saturated rings. The van der Waals surface area contributed by atoms with Gasteiger partial charge in [0, 0.05) is 5.69 Å². The van der Waals surface area contributed by atoms with Crippen LogP contribution in [0.4, 0.5) is 5.69 Å². The predicted octanol–water partition coefficient (Wildman–Crippen LogP) is 2.18. The molecule has 0 aliphatic heterocycles. The quantitative estimate of drug-likeness (QED) is 0.929. The molecule has 0 aliphatic carbocycles. The Bertz CT molecular complexity index is 595. The van der Waals surface area contributed by atoms with Gasteiger partial charge in [0.05, 0.1) is 11.2 Å². The summed E-state index contributed by atoms with van der Waals surface area (Å²) in [6, 6.07) is 8.74. The lowest BCUT2D eigenvalue weighted by molar-refractivity contribution is -0.135. The zero-order valence-electron chi connectivity index (χ0n) is 10.2. The highest BCUT2D eigenvalue weighted by Gasteiger charge is 2.23. The number of aryl methyl sites for hydroxylation is 1. The molecular weight excluding hydrogens is 264 g/mol. The SMILES string of the molecule is Cc1ncsc1C(=O)N(CC(=O)O)c1ccccc1. The molecule has 0 radical (unpaired) electrons. The maximum atomic E-state index is 12.4. The highest BCUT2D eigenvalue weighted by molar-refractivity contribution is 7.12. The third-order valence-corrected chi connectivity index (χ3v) is 3.46. The number of aromatic nitrogens is 1. The van der Waals surface area contributed by atoms with Gasteiger partial charge >= 0.3 is 5.97 Å². The van der Waals surface area contributed by atoms with Crippen molar-refractivity contribution in [1.82, 2.24) is 4.98 Å². The average molecular weight is 276 g/mol. The Morgan fingerprint density at radius 1 is 1.32 bits per heavy atom. The molecule has 0 atom stereocenters. The molecule has 19 heavy (non-hydrogen) atoms. The number of carboxylic acids is 1. The molecule has 1 N–H and O–H groups in total. The largest absolute Gasteiger partial charge is 0.480 e. The van der Waals surface area contributed by atoms with Crippen molar-refractivity contribution >= 4 is 28.9 Å². The summed E-state index contributed by atoms with van der Waals surface area (Å²) in [6.45, 7) is 1.36. The lowest BCUT2D eigenvalue weighted by atomic mass is 10.2. The summed E-state index contributed by atoms with van der Waals surface area (Å²) in [5.41, 5.74) is 2.75. The molecule has 0 unspecified atom stereocenters. The summed E-state index contributed by atoms with van der Waals surface area (Å²) in [5.74, 6) is -1.40. The Labute approximate surface area is 114 Å². The molecule has 1 heterocycles. The highest BCUT2D eigenvalue weighted by Crippen LogP contribution is 2.20. The first kappa shape index (κ1) is 13.2. The second-order valence-corrected chi connectivity index (χ2v) is 4.74. The number of anilines is 1. The third kappa shape index (κ3) is 2.97. The molecule has 98 valence electrons. The van der Waals surface area contributed by atoms with E-state index in [2.05, 4.69) is 4.98 Å². The van der Waals surface area contributed by atoms with Gasteiger partial charge in [-0.2, -0.15) is 0 Å². The van der Waals surface area contributed by atoms with Gasteiger partial charge in [0.15, 0.2) is 0 Å². The molecular formula is C13H12N2O3S. The zero-order chi connectivity index (χ0) is 13.8. The monoisotopic (exact) mass is 276 g/mol. The fraction of sp³-hybridized carbons (Fsp3) is 0.154. The van der Waals surface area contributed by atoms with Crippen LogP contribution >= 0.6 is 11.3 Å². The van der Waals surface area contributed by atoms with E-state index >= 15 is 0 Å². The molecule has 6 heteroatoms. The van der Waals surface area contributed by atoms with E-state index in [1.165, 1.54) is 16.2 Å². The van der Waals surface area contributed by atoms with E-state index in [-0.39, 0.29) is 12.5 Å². The van der Waals surface area contributed by atoms with Gasteiger partial charge in [-0.15, -0.1) is 11.3 Å². The predicted molar refractivity (Wildman–Crippen MR) is 72.6 cm³/mol. The number of aliphatic carboxylic acids is 1. The number of nitrogens with zero attached hydrogens (tertiary/aromatic N) is 2. The van der Waals surface area contributed by atoms with Gasteiger partial charge in [-0.25, -0.2) is 4.98 Å². The van der Waals surface area contributed by atoms with Gasteiger partial charge in [-0.1, -0.05) is 18.2 Å². The topological polar surface area (TPSA) is 70.5 Å². The van der Waals surface area contributed by atoms with E-state index in [0.717, 1.165) is 0 Å². The summed E-state index contributed by atoms with van der Waals surface area (Å²) in [7, 11) is 0. The van der Waals surface area contributed by atoms with Gasteiger partial charge < -0.3 is 5.11 Å². The van der Waals surface area contributed by atoms with E-state index in [0.29, 0.717) is 16.3 Å². The minimum absolute atomic E-state index is 0.339. The Morgan fingerprint density at radius 2 is 2.00 bits per heavy atom. The minimum atomic E-state index is -1.06. The number of carbonyl (C=O) groups is 2. The highest BCUT2D eigenvalue weighted by atomic mass is 32.1. The molecule has 2 rings (SSSR count). The number of hydrogen-bond acceptors (Lipinski definition) is 4. The number of thiazole rings is 1. The molecule has 1 amide bonds. The third-order valence-electron chi connectivity index (χ3n) is 2.55. The number of benzene rings is 1. The molecule has 1 aromatic heterocycles. The van der Waals surface area contributed by atoms with E-state index in [9.17, 15) is 9.59 Å². The lowest BCUT2D eigenvalue weighted by Gasteiger charge is -2.20. The van der Waals surface area contributed by atoms with Crippen LogP contribution in [-0.4, -0.2) is 28.5 Å². The molecule has 0 aliphatic rings. The number of amides is 1. The van der Waals surface area contributed by atoms with Crippen molar-refractivity contribution in [2.45, 2.75) is 6.92 Å². The minimum Gasteiger partial charge on any atom is -0.480 e. The summed E-state index contributed by atoms with van der Waals surface area (Å²) in [5, 5.41) is 8.95. The van der Waals surface area contributed by atoms with Crippen LogP contribution < -0.4 is 4.90 Å². The molecule has 0 bridgehead atoms. The normalized spacial score (nSPS) is 10.2. The first-order chi connectivity index (χ1) is 9.09. The van der Waals surface area contributed by atoms with Crippen LogP contribution in [0.2, 0.25) is 0 Å². The molecule has 1 aromatic carbocycles. The van der Waals surface area contributed by atoms with Crippen molar-refractivity contribution < 1.29 is 14.7 Å². The van der Waals surface area contributed by atoms with E-state index in [4.69, 9.17) is 5.11 Å². The van der Waals surface area contributed by atoms with Crippen LogP contribution in [-0.2, 0) is 4.79 Å². The summed E-state index contributed by atoms with van der Waals surface area (Å²) >= 11 is 1.21. The summed E-state index contributed by atoms with van der Waals surface area (Å²) < 4.78 is 0. The lowest BCUT2D eigenvalue weighted by Crippen LogP contribution is -2.35. The Morgan fingerprint density at radius 3 is 2.53 bits per heavy atom. The fourth-order valence-corrected chi connectivity index (χ4v) is 2.40. The van der Waals surface area contributed by atoms with Crippen molar-refractivity contribution in [1.29, 1.82) is 0 Å². The summed E-state index contributed by atoms with van der Waals surface area (Å²) in [4.78, 5) is 29.1. The van der Waals surface area contributed by atoms with Gasteiger partial charge in [0.1, 0.15) is 11.4 Å². The first-order valence-corrected chi connectivity index (χ1v) is 6.46. The number of para-hydroxylation sites is 1. The van der Waals surface area contributed by atoms with Gasteiger partial charge in [0.2, 0.25) is 0 Å². The van der Waals surface area contributed by atoms with Crippen molar-refractivity contribution in [3.05, 3.63) is 46.4 Å². The smallest absolute Gasteiger partial charge is 0.323 e. The number of hydrogen-bond donors (Lipinski definition) is 1. The number of carboxylic acid groups (broad SMARTS) is 1. The maximum Gasteiger partial charge on any atom is 0.323 e. The average Bonchev–Trinajstić information content (AvgIpc) is 2.82. The van der Waals surface area contributed by atoms with Crippen LogP contribution in [0.5, 0.6) is 0 Å². The second-order valence-electron chi connectivity index (χ2n) is 3.89. The molecule has 2 aromatic rings. The van der Waals surface area contributed by atoms with Crippen LogP contribution in [0.3, 0.4) is 0 Å². The van der Waals surface area contributed by atoms with Crippen LogP contribution in [0.25, 0.3) is 0 Å². The molecule has 0 saturated heterocycles. The summed E-state index contributed by atoms with van der Waals surface area (Å²) in [6.07, 6.45) is 0. The van der Waals surface area contributed by atoms with Crippen molar-refractivity contribution in [3.63, 3.8) is 0 Å². The Balaban J connectivity index is 2.36. The Kier molecular flexibility index (Phi) is 3.91. The second kappa shape index (κ2) is 5.62. The molecule has 0 saturated carbocycles. The van der Waals surface area contributed by atoms with E-state index in [1.807, 2.05) is 6.07 Å². The number of carbonyl (C=O) groups excluding carboxylic acids is 1.